The Hall–Kier alpha value is 0.130. The number of rotatable bonds is 1. The zero-order chi connectivity index (χ0) is 13.4. The fourth-order valence-corrected chi connectivity index (χ4v) is 5.40. The van der Waals surface area contributed by atoms with Crippen molar-refractivity contribution < 1.29 is 4.79 Å². The predicted molar refractivity (Wildman–Crippen MR) is 85.7 cm³/mol. The van der Waals surface area contributed by atoms with Gasteiger partial charge in [0.25, 0.3) is 5.91 Å². The second-order valence-corrected chi connectivity index (χ2v) is 8.80. The number of nitrogens with zero attached hydrogens (tertiary/aromatic N) is 1. The molecule has 0 N–H and O–H groups in total. The van der Waals surface area contributed by atoms with Crippen LogP contribution >= 0.6 is 43.2 Å². The van der Waals surface area contributed by atoms with E-state index in [0.29, 0.717) is 0 Å². The molecule has 2 aliphatic rings. The van der Waals surface area contributed by atoms with E-state index in [1.165, 1.54) is 43.4 Å². The van der Waals surface area contributed by atoms with Gasteiger partial charge >= 0.3 is 0 Å². The topological polar surface area (TPSA) is 20.3 Å². The van der Waals surface area contributed by atoms with E-state index in [9.17, 15) is 4.79 Å². The summed E-state index contributed by atoms with van der Waals surface area (Å²) in [5.41, 5.74) is 0. The first-order valence-corrected chi connectivity index (χ1v) is 9.29. The number of piperidine rings is 1. The van der Waals surface area contributed by atoms with Crippen LogP contribution in [0.1, 0.15) is 41.8 Å². The summed E-state index contributed by atoms with van der Waals surface area (Å²) in [6.07, 6.45) is 6.62. The van der Waals surface area contributed by atoms with Crippen molar-refractivity contribution in [3.8, 4) is 0 Å². The van der Waals surface area contributed by atoms with Gasteiger partial charge in [0.05, 0.1) is 8.66 Å². The summed E-state index contributed by atoms with van der Waals surface area (Å²) in [5, 5.41) is 0. The Morgan fingerprint density at radius 2 is 1.95 bits per heavy atom. The highest BCUT2D eigenvalue weighted by molar-refractivity contribution is 9.13. The van der Waals surface area contributed by atoms with E-state index < -0.39 is 0 Å². The van der Waals surface area contributed by atoms with Gasteiger partial charge in [0, 0.05) is 17.6 Å². The van der Waals surface area contributed by atoms with Crippen LogP contribution in [0.25, 0.3) is 0 Å². The second-order valence-electron chi connectivity index (χ2n) is 5.58. The average Bonchev–Trinajstić information content (AvgIpc) is 2.77. The molecule has 1 saturated heterocycles. The van der Waals surface area contributed by atoms with Crippen LogP contribution in [0.2, 0.25) is 0 Å². The van der Waals surface area contributed by atoms with Crippen LogP contribution in [-0.4, -0.2) is 23.9 Å². The number of amides is 1. The lowest BCUT2D eigenvalue weighted by Crippen LogP contribution is -2.44. The quantitative estimate of drug-likeness (QED) is 0.647. The Labute approximate surface area is 134 Å². The van der Waals surface area contributed by atoms with Crippen LogP contribution in [-0.2, 0) is 0 Å². The summed E-state index contributed by atoms with van der Waals surface area (Å²) in [6.45, 7) is 1.91. The fourth-order valence-electron chi connectivity index (χ4n) is 3.39. The molecule has 1 saturated carbocycles. The third-order valence-corrected chi connectivity index (χ3v) is 7.68. The molecule has 19 heavy (non-hydrogen) atoms. The SMILES string of the molecule is O=C(c1cc(Br)c(Br)s1)N1CC[C@H]2CCCC[C@H]2C1. The summed E-state index contributed by atoms with van der Waals surface area (Å²) in [5.74, 6) is 1.83. The minimum Gasteiger partial charge on any atom is -0.338 e. The molecular formula is C14H17Br2NOS. The molecule has 1 aromatic heterocycles. The number of fused-ring (bicyclic) bond motifs is 1. The van der Waals surface area contributed by atoms with Crippen molar-refractivity contribution >= 4 is 49.1 Å². The number of likely N-dealkylation sites (tertiary alicyclic amines) is 1. The zero-order valence-electron chi connectivity index (χ0n) is 10.7. The molecule has 2 fully saturated rings. The Bertz CT molecular complexity index is 468. The average molecular weight is 407 g/mol. The third-order valence-electron chi connectivity index (χ3n) is 4.43. The lowest BCUT2D eigenvalue weighted by atomic mass is 9.75. The molecule has 0 unspecified atom stereocenters. The molecule has 2 atom stereocenters. The number of halogens is 2. The first-order valence-electron chi connectivity index (χ1n) is 6.89. The van der Waals surface area contributed by atoms with Crippen molar-refractivity contribution in [2.24, 2.45) is 11.8 Å². The van der Waals surface area contributed by atoms with Crippen LogP contribution in [0, 0.1) is 11.8 Å². The number of hydrogen-bond acceptors (Lipinski definition) is 2. The molecule has 1 aliphatic carbocycles. The van der Waals surface area contributed by atoms with E-state index in [2.05, 4.69) is 36.8 Å². The van der Waals surface area contributed by atoms with Gasteiger partial charge in [-0.3, -0.25) is 4.79 Å². The maximum Gasteiger partial charge on any atom is 0.264 e. The zero-order valence-corrected chi connectivity index (χ0v) is 14.7. The van der Waals surface area contributed by atoms with Crippen molar-refractivity contribution in [2.45, 2.75) is 32.1 Å². The molecule has 104 valence electrons. The van der Waals surface area contributed by atoms with Gasteiger partial charge in [0.1, 0.15) is 0 Å². The van der Waals surface area contributed by atoms with Crippen molar-refractivity contribution in [1.29, 1.82) is 0 Å². The monoisotopic (exact) mass is 405 g/mol. The van der Waals surface area contributed by atoms with Crippen molar-refractivity contribution in [1.82, 2.24) is 4.90 Å². The molecule has 3 rings (SSSR count). The molecular weight excluding hydrogens is 390 g/mol. The molecule has 1 amide bonds. The van der Waals surface area contributed by atoms with Crippen LogP contribution < -0.4 is 0 Å². The molecule has 2 heterocycles. The van der Waals surface area contributed by atoms with Crippen molar-refractivity contribution in [3.05, 3.63) is 19.2 Å². The Morgan fingerprint density at radius 3 is 2.63 bits per heavy atom. The van der Waals surface area contributed by atoms with Crippen molar-refractivity contribution in [2.75, 3.05) is 13.1 Å². The molecule has 0 bridgehead atoms. The van der Waals surface area contributed by atoms with E-state index in [4.69, 9.17) is 0 Å². The van der Waals surface area contributed by atoms with Gasteiger partial charge in [-0.2, -0.15) is 0 Å². The maximum atomic E-state index is 12.5. The first kappa shape index (κ1) is 14.1. The molecule has 0 spiro atoms. The van der Waals surface area contributed by atoms with Gasteiger partial charge in [-0.1, -0.05) is 19.3 Å². The maximum absolute atomic E-state index is 12.5. The van der Waals surface area contributed by atoms with Gasteiger partial charge in [0.2, 0.25) is 0 Å². The summed E-state index contributed by atoms with van der Waals surface area (Å²) in [4.78, 5) is 15.4. The highest BCUT2D eigenvalue weighted by Gasteiger charge is 2.33. The van der Waals surface area contributed by atoms with Gasteiger partial charge in [-0.05, 0) is 62.6 Å². The second kappa shape index (κ2) is 5.86. The van der Waals surface area contributed by atoms with Gasteiger partial charge in [0.15, 0.2) is 0 Å². The smallest absolute Gasteiger partial charge is 0.264 e. The first-order chi connectivity index (χ1) is 9.15. The lowest BCUT2D eigenvalue weighted by Gasteiger charge is -2.41. The molecule has 1 aromatic rings. The largest absolute Gasteiger partial charge is 0.338 e. The van der Waals surface area contributed by atoms with E-state index >= 15 is 0 Å². The predicted octanol–water partition coefficient (Wildman–Crippen LogP) is 4.93. The van der Waals surface area contributed by atoms with Gasteiger partial charge in [-0.25, -0.2) is 0 Å². The van der Waals surface area contributed by atoms with E-state index in [-0.39, 0.29) is 5.91 Å². The highest BCUT2D eigenvalue weighted by atomic mass is 79.9. The molecule has 2 nitrogen and oxygen atoms in total. The minimum absolute atomic E-state index is 0.209. The number of hydrogen-bond donors (Lipinski definition) is 0. The Balaban J connectivity index is 1.70. The van der Waals surface area contributed by atoms with E-state index in [1.54, 1.807) is 0 Å². The van der Waals surface area contributed by atoms with Crippen LogP contribution in [0.4, 0.5) is 0 Å². The van der Waals surface area contributed by atoms with E-state index in [1.807, 2.05) is 6.07 Å². The van der Waals surface area contributed by atoms with Crippen LogP contribution in [0.15, 0.2) is 14.3 Å². The molecule has 0 radical (unpaired) electrons. The van der Waals surface area contributed by atoms with E-state index in [0.717, 1.165) is 38.1 Å². The normalized spacial score (nSPS) is 27.2. The molecule has 5 heteroatoms. The lowest BCUT2D eigenvalue weighted by molar-refractivity contribution is 0.0525. The number of carbonyl (C=O) groups excluding carboxylic acids is 1. The summed E-state index contributed by atoms with van der Waals surface area (Å²) in [6, 6.07) is 1.93. The summed E-state index contributed by atoms with van der Waals surface area (Å²) >= 11 is 8.45. The third kappa shape index (κ3) is 2.93. The van der Waals surface area contributed by atoms with Gasteiger partial charge in [-0.15, -0.1) is 11.3 Å². The van der Waals surface area contributed by atoms with Crippen LogP contribution in [0.3, 0.4) is 0 Å². The van der Waals surface area contributed by atoms with Crippen LogP contribution in [0.5, 0.6) is 0 Å². The Morgan fingerprint density at radius 1 is 1.21 bits per heavy atom. The molecule has 1 aliphatic heterocycles. The van der Waals surface area contributed by atoms with Gasteiger partial charge < -0.3 is 4.90 Å². The Kier molecular flexibility index (Phi) is 4.34. The standard InChI is InChI=1S/C14H17Br2NOS/c15-11-7-12(19-13(11)16)14(18)17-6-5-9-3-1-2-4-10(9)8-17/h7,9-10H,1-6,8H2/t9-,10+/m1/s1. The fraction of sp³-hybridized carbons (Fsp3) is 0.643. The number of thiophene rings is 1. The minimum atomic E-state index is 0.209. The molecule has 0 aromatic carbocycles. The highest BCUT2D eigenvalue weighted by Crippen LogP contribution is 2.38. The number of carbonyl (C=O) groups is 1. The van der Waals surface area contributed by atoms with Crippen molar-refractivity contribution in [3.63, 3.8) is 0 Å². The summed E-state index contributed by atoms with van der Waals surface area (Å²) < 4.78 is 1.98. The summed E-state index contributed by atoms with van der Waals surface area (Å²) in [7, 11) is 0.